The molecule has 0 bridgehead atoms. The minimum absolute atomic E-state index is 0.201. The molecule has 0 aliphatic carbocycles. The molecule has 6 heteroatoms. The van der Waals surface area contributed by atoms with Crippen molar-refractivity contribution in [2.75, 3.05) is 26.9 Å². The summed E-state index contributed by atoms with van der Waals surface area (Å²) >= 11 is 5.98. The zero-order chi connectivity index (χ0) is 17.1. The van der Waals surface area contributed by atoms with Gasteiger partial charge >= 0.3 is 0 Å². The topological polar surface area (TPSA) is 42.3 Å². The highest BCUT2D eigenvalue weighted by atomic mass is 35.5. The summed E-state index contributed by atoms with van der Waals surface area (Å²) < 4.78 is 0. The Hall–Kier alpha value is -1.72. The summed E-state index contributed by atoms with van der Waals surface area (Å²) in [7, 11) is 2.10. The number of nitrogens with zero attached hydrogens (tertiary/aromatic N) is 4. The highest BCUT2D eigenvalue weighted by Crippen LogP contribution is 2.28. The summed E-state index contributed by atoms with van der Waals surface area (Å²) in [6.07, 6.45) is 4.15. The molecule has 130 valence electrons. The molecule has 0 saturated carbocycles. The van der Waals surface area contributed by atoms with E-state index >= 15 is 0 Å². The van der Waals surface area contributed by atoms with Crippen molar-refractivity contribution >= 4 is 17.4 Å². The van der Waals surface area contributed by atoms with Crippen molar-refractivity contribution in [3.63, 3.8) is 0 Å². The van der Waals surface area contributed by atoms with Gasteiger partial charge in [-0.15, -0.1) is 0 Å². The third kappa shape index (κ3) is 3.52. The maximum absolute atomic E-state index is 9.20. The molecule has 0 spiro atoms. The molecule has 1 unspecified atom stereocenters. The Balaban J connectivity index is 1.81. The van der Waals surface area contributed by atoms with Gasteiger partial charge in [0.15, 0.2) is 5.84 Å². The van der Waals surface area contributed by atoms with Gasteiger partial charge in [0.25, 0.3) is 0 Å². The SMILES string of the molecule is CCC1N=C2C(=CN(Cc3ccc(Cl)cc3)CN2CCCO)N1C. The monoisotopic (exact) mass is 348 g/mol. The van der Waals surface area contributed by atoms with Crippen LogP contribution in [-0.2, 0) is 6.54 Å². The van der Waals surface area contributed by atoms with Gasteiger partial charge < -0.3 is 19.8 Å². The molecule has 1 aromatic rings. The summed E-state index contributed by atoms with van der Waals surface area (Å²) in [4.78, 5) is 11.7. The minimum atomic E-state index is 0.201. The lowest BCUT2D eigenvalue weighted by molar-refractivity contribution is 0.202. The van der Waals surface area contributed by atoms with Gasteiger partial charge in [-0.25, -0.2) is 4.99 Å². The summed E-state index contributed by atoms with van der Waals surface area (Å²) in [6.45, 7) is 4.79. The first-order valence-corrected chi connectivity index (χ1v) is 8.87. The number of halogens is 1. The summed E-state index contributed by atoms with van der Waals surface area (Å²) in [5.41, 5.74) is 2.39. The van der Waals surface area contributed by atoms with Crippen LogP contribution in [0.5, 0.6) is 0 Å². The van der Waals surface area contributed by atoms with E-state index < -0.39 is 0 Å². The number of rotatable bonds is 6. The van der Waals surface area contributed by atoms with Gasteiger partial charge in [0.1, 0.15) is 6.17 Å². The Morgan fingerprint density at radius 2 is 2.04 bits per heavy atom. The van der Waals surface area contributed by atoms with Crippen molar-refractivity contribution in [1.82, 2.24) is 14.7 Å². The van der Waals surface area contributed by atoms with Gasteiger partial charge in [0.2, 0.25) is 0 Å². The van der Waals surface area contributed by atoms with Crippen molar-refractivity contribution in [3.8, 4) is 0 Å². The van der Waals surface area contributed by atoms with Crippen LogP contribution >= 0.6 is 11.6 Å². The molecular weight excluding hydrogens is 324 g/mol. The lowest BCUT2D eigenvalue weighted by Crippen LogP contribution is -2.45. The molecule has 5 nitrogen and oxygen atoms in total. The highest BCUT2D eigenvalue weighted by Gasteiger charge is 2.34. The molecule has 2 aliphatic heterocycles. The summed E-state index contributed by atoms with van der Waals surface area (Å²) in [5.74, 6) is 1.06. The van der Waals surface area contributed by atoms with E-state index in [2.05, 4.69) is 47.0 Å². The molecule has 1 atom stereocenters. The van der Waals surface area contributed by atoms with E-state index in [0.717, 1.165) is 43.5 Å². The van der Waals surface area contributed by atoms with Crippen LogP contribution in [-0.4, -0.2) is 58.7 Å². The van der Waals surface area contributed by atoms with Crippen LogP contribution < -0.4 is 0 Å². The number of hydrogen-bond donors (Lipinski definition) is 1. The zero-order valence-electron chi connectivity index (χ0n) is 14.3. The number of amidine groups is 1. The molecule has 2 heterocycles. The summed E-state index contributed by atoms with van der Waals surface area (Å²) in [5, 5.41) is 9.96. The van der Waals surface area contributed by atoms with E-state index in [4.69, 9.17) is 16.6 Å². The number of likely N-dealkylation sites (N-methyl/N-ethyl adjacent to an activating group) is 1. The van der Waals surface area contributed by atoms with Gasteiger partial charge in [-0.05, 0) is 30.5 Å². The number of aliphatic imine (C=N–C) groups is 1. The standard InChI is InChI=1S/C18H25ClN4O/c1-3-17-20-18-16(21(17)2)12-22(13-23(18)9-4-10-24)11-14-5-7-15(19)8-6-14/h5-8,12,17,24H,3-4,9-11,13H2,1-2H3. The highest BCUT2D eigenvalue weighted by molar-refractivity contribution is 6.30. The van der Waals surface area contributed by atoms with Crippen LogP contribution in [0.4, 0.5) is 0 Å². The van der Waals surface area contributed by atoms with E-state index in [1.165, 1.54) is 11.3 Å². The maximum Gasteiger partial charge on any atom is 0.152 e. The largest absolute Gasteiger partial charge is 0.396 e. The number of aliphatic hydroxyl groups is 1. The molecule has 0 fully saturated rings. The van der Waals surface area contributed by atoms with Crippen LogP contribution in [0, 0.1) is 0 Å². The first kappa shape index (κ1) is 17.1. The zero-order valence-corrected chi connectivity index (χ0v) is 15.1. The van der Waals surface area contributed by atoms with Gasteiger partial charge in [-0.2, -0.15) is 0 Å². The van der Waals surface area contributed by atoms with Crippen molar-refractivity contribution in [1.29, 1.82) is 0 Å². The van der Waals surface area contributed by atoms with E-state index in [1.54, 1.807) is 0 Å². The molecule has 2 aliphatic rings. The normalized spacial score (nSPS) is 20.2. The van der Waals surface area contributed by atoms with Gasteiger partial charge in [0, 0.05) is 38.0 Å². The molecule has 3 rings (SSSR count). The predicted octanol–water partition coefficient (Wildman–Crippen LogP) is 2.72. The lowest BCUT2D eigenvalue weighted by atomic mass is 10.2. The average Bonchev–Trinajstić information content (AvgIpc) is 2.91. The van der Waals surface area contributed by atoms with Crippen LogP contribution in [0.3, 0.4) is 0 Å². The van der Waals surface area contributed by atoms with Crippen molar-refractivity contribution in [3.05, 3.63) is 46.7 Å². The smallest absolute Gasteiger partial charge is 0.152 e. The predicted molar refractivity (Wildman–Crippen MR) is 97.6 cm³/mol. The molecule has 0 radical (unpaired) electrons. The number of aliphatic hydroxyl groups excluding tert-OH is 1. The molecular formula is C18H25ClN4O. The fraction of sp³-hybridized carbons (Fsp3) is 0.500. The van der Waals surface area contributed by atoms with Gasteiger partial charge in [-0.3, -0.25) is 0 Å². The summed E-state index contributed by atoms with van der Waals surface area (Å²) in [6, 6.07) is 7.99. The quantitative estimate of drug-likeness (QED) is 0.858. The van der Waals surface area contributed by atoms with E-state index in [-0.39, 0.29) is 12.8 Å². The number of benzene rings is 1. The first-order valence-electron chi connectivity index (χ1n) is 8.49. The number of fused-ring (bicyclic) bond motifs is 1. The fourth-order valence-electron chi connectivity index (χ4n) is 3.23. The molecule has 1 aromatic carbocycles. The van der Waals surface area contributed by atoms with Crippen LogP contribution in [0.1, 0.15) is 25.3 Å². The van der Waals surface area contributed by atoms with Crippen LogP contribution in [0.25, 0.3) is 0 Å². The Morgan fingerprint density at radius 3 is 2.71 bits per heavy atom. The Bertz CT molecular complexity index is 628. The first-order chi connectivity index (χ1) is 11.6. The Kier molecular flexibility index (Phi) is 5.31. The second-order valence-corrected chi connectivity index (χ2v) is 6.76. The molecule has 0 amide bonds. The van der Waals surface area contributed by atoms with Crippen molar-refractivity contribution in [2.24, 2.45) is 4.99 Å². The Morgan fingerprint density at radius 1 is 1.29 bits per heavy atom. The minimum Gasteiger partial charge on any atom is -0.396 e. The Labute approximate surface area is 148 Å². The second kappa shape index (κ2) is 7.45. The molecule has 24 heavy (non-hydrogen) atoms. The van der Waals surface area contributed by atoms with Crippen LogP contribution in [0.2, 0.25) is 5.02 Å². The molecule has 1 N–H and O–H groups in total. The second-order valence-electron chi connectivity index (χ2n) is 6.32. The lowest BCUT2D eigenvalue weighted by Gasteiger charge is -2.37. The number of hydrogen-bond acceptors (Lipinski definition) is 5. The fourth-order valence-corrected chi connectivity index (χ4v) is 3.35. The van der Waals surface area contributed by atoms with Crippen molar-refractivity contribution < 1.29 is 5.11 Å². The van der Waals surface area contributed by atoms with Gasteiger partial charge in [-0.1, -0.05) is 30.7 Å². The average molecular weight is 349 g/mol. The van der Waals surface area contributed by atoms with E-state index in [0.29, 0.717) is 0 Å². The molecule has 0 saturated heterocycles. The molecule has 0 aromatic heterocycles. The third-order valence-corrected chi connectivity index (χ3v) is 4.79. The van der Waals surface area contributed by atoms with Crippen LogP contribution in [0.15, 0.2) is 41.2 Å². The maximum atomic E-state index is 9.20. The third-order valence-electron chi connectivity index (χ3n) is 4.53. The van der Waals surface area contributed by atoms with Crippen molar-refractivity contribution in [2.45, 2.75) is 32.5 Å². The van der Waals surface area contributed by atoms with E-state index in [9.17, 15) is 5.11 Å². The van der Waals surface area contributed by atoms with Gasteiger partial charge in [0.05, 0.1) is 12.4 Å². The van der Waals surface area contributed by atoms with E-state index in [1.807, 2.05) is 12.1 Å².